The average molecular weight is 403 g/mol. The molecule has 30 heavy (non-hydrogen) atoms. The SMILES string of the molecule is N=C(N=C([OH2+])c1ccccn1)C1(c2ccc(-c3cnc(N)nc3)cc2)CCOCC1. The fourth-order valence-electron chi connectivity index (χ4n) is 3.63. The fourth-order valence-corrected chi connectivity index (χ4v) is 3.63. The highest BCUT2D eigenvalue weighted by Crippen LogP contribution is 2.37. The summed E-state index contributed by atoms with van der Waals surface area (Å²) < 4.78 is 5.56. The van der Waals surface area contributed by atoms with Gasteiger partial charge in [-0.2, -0.15) is 0 Å². The van der Waals surface area contributed by atoms with Crippen molar-refractivity contribution < 1.29 is 9.84 Å². The average Bonchev–Trinajstić information content (AvgIpc) is 2.80. The molecule has 0 aliphatic carbocycles. The number of aliphatic imine (C=N–C) groups is 1. The second-order valence-corrected chi connectivity index (χ2v) is 7.13. The maximum absolute atomic E-state index is 8.76. The number of hydrogen-bond acceptors (Lipinski definition) is 6. The molecule has 5 N–H and O–H groups in total. The Morgan fingerprint density at radius 3 is 2.33 bits per heavy atom. The zero-order valence-corrected chi connectivity index (χ0v) is 16.4. The minimum absolute atomic E-state index is 0.0119. The van der Waals surface area contributed by atoms with Gasteiger partial charge in [-0.1, -0.05) is 30.3 Å². The Bertz CT molecular complexity index is 1040. The number of nitrogens with zero attached hydrogens (tertiary/aromatic N) is 4. The van der Waals surface area contributed by atoms with E-state index in [1.807, 2.05) is 24.3 Å². The lowest BCUT2D eigenvalue weighted by molar-refractivity contribution is 0.0703. The van der Waals surface area contributed by atoms with Crippen LogP contribution in [0.4, 0.5) is 5.95 Å². The first-order valence-electron chi connectivity index (χ1n) is 9.65. The number of benzene rings is 1. The summed E-state index contributed by atoms with van der Waals surface area (Å²) in [5, 5.41) is 17.0. The molecule has 1 aliphatic rings. The molecule has 0 saturated carbocycles. The van der Waals surface area contributed by atoms with Gasteiger partial charge in [-0.3, -0.25) is 5.41 Å². The molecule has 0 spiro atoms. The van der Waals surface area contributed by atoms with Crippen LogP contribution in [0.5, 0.6) is 0 Å². The number of rotatable bonds is 4. The third-order valence-electron chi connectivity index (χ3n) is 5.37. The van der Waals surface area contributed by atoms with Crippen LogP contribution in [-0.2, 0) is 10.2 Å². The minimum atomic E-state index is -0.602. The smallest absolute Gasteiger partial charge is 0.385 e. The number of nitrogens with one attached hydrogen (secondary N) is 1. The third-order valence-corrected chi connectivity index (χ3v) is 5.37. The topological polar surface area (TPSA) is 133 Å². The largest absolute Gasteiger partial charge is 0.577 e. The Morgan fingerprint density at radius 1 is 1.00 bits per heavy atom. The summed E-state index contributed by atoms with van der Waals surface area (Å²) in [6, 6.07) is 13.3. The van der Waals surface area contributed by atoms with E-state index in [0.717, 1.165) is 16.7 Å². The Balaban J connectivity index is 1.66. The molecule has 3 heterocycles. The van der Waals surface area contributed by atoms with Crippen LogP contribution in [0, 0.1) is 5.41 Å². The maximum atomic E-state index is 8.76. The lowest BCUT2D eigenvalue weighted by Crippen LogP contribution is -2.40. The Hall–Kier alpha value is -3.65. The van der Waals surface area contributed by atoms with E-state index in [0.29, 0.717) is 31.7 Å². The predicted octanol–water partition coefficient (Wildman–Crippen LogP) is 2.32. The highest BCUT2D eigenvalue weighted by molar-refractivity contribution is 6.03. The van der Waals surface area contributed by atoms with Gasteiger partial charge in [-0.15, -0.1) is 4.99 Å². The van der Waals surface area contributed by atoms with Gasteiger partial charge in [-0.25, -0.2) is 15.0 Å². The van der Waals surface area contributed by atoms with Crippen molar-refractivity contribution in [3.63, 3.8) is 0 Å². The lowest BCUT2D eigenvalue weighted by atomic mass is 9.73. The van der Waals surface area contributed by atoms with Crippen molar-refractivity contribution in [2.75, 3.05) is 18.9 Å². The van der Waals surface area contributed by atoms with Crippen molar-refractivity contribution in [2.24, 2.45) is 4.99 Å². The van der Waals surface area contributed by atoms with Crippen LogP contribution < -0.4 is 5.73 Å². The van der Waals surface area contributed by atoms with Crippen LogP contribution in [-0.4, -0.2) is 45.0 Å². The first-order valence-corrected chi connectivity index (χ1v) is 9.65. The highest BCUT2D eigenvalue weighted by Gasteiger charge is 2.40. The quantitative estimate of drug-likeness (QED) is 0.392. The fraction of sp³-hybridized carbons (Fsp3) is 0.227. The molecule has 8 heteroatoms. The van der Waals surface area contributed by atoms with Crippen LogP contribution in [0.1, 0.15) is 24.1 Å². The van der Waals surface area contributed by atoms with Crippen LogP contribution in [0.25, 0.3) is 11.1 Å². The molecule has 0 bridgehead atoms. The molecule has 0 unspecified atom stereocenters. The van der Waals surface area contributed by atoms with Gasteiger partial charge in [0, 0.05) is 37.4 Å². The number of anilines is 1. The van der Waals surface area contributed by atoms with Crippen molar-refractivity contribution in [1.29, 1.82) is 5.41 Å². The summed E-state index contributed by atoms with van der Waals surface area (Å²) in [7, 11) is 0. The summed E-state index contributed by atoms with van der Waals surface area (Å²) in [4.78, 5) is 16.6. The van der Waals surface area contributed by atoms with Gasteiger partial charge in [0.15, 0.2) is 5.69 Å². The van der Waals surface area contributed by atoms with Crippen LogP contribution >= 0.6 is 0 Å². The molecule has 8 nitrogen and oxygen atoms in total. The molecule has 3 aromatic rings. The van der Waals surface area contributed by atoms with Crippen molar-refractivity contribution >= 4 is 17.7 Å². The zero-order valence-electron chi connectivity index (χ0n) is 16.4. The Kier molecular flexibility index (Phi) is 5.49. The van der Waals surface area contributed by atoms with E-state index in [1.165, 1.54) is 0 Å². The predicted molar refractivity (Wildman–Crippen MR) is 116 cm³/mol. The molecule has 1 aromatic carbocycles. The molecule has 0 amide bonds. The van der Waals surface area contributed by atoms with Gasteiger partial charge in [0.25, 0.3) is 0 Å². The summed E-state index contributed by atoms with van der Waals surface area (Å²) in [5.74, 6) is 0.383. The molecular weight excluding hydrogens is 380 g/mol. The van der Waals surface area contributed by atoms with Gasteiger partial charge >= 0.3 is 5.90 Å². The highest BCUT2D eigenvalue weighted by atomic mass is 16.5. The standard InChI is InChI=1S/C22H22N6O2/c23-20(28-19(29)18-3-1-2-10-25-18)22(8-11-30-12-9-22)17-6-4-15(5-7-17)16-13-26-21(24)27-14-16/h1-7,10,13-14H,8-9,11-12H2,(H2,23,28,29)(H2,24,26,27)/p+1. The van der Waals surface area contributed by atoms with Crippen molar-refractivity contribution in [2.45, 2.75) is 18.3 Å². The summed E-state index contributed by atoms with van der Waals surface area (Å²) in [6.07, 6.45) is 6.26. The molecule has 0 radical (unpaired) electrons. The van der Waals surface area contributed by atoms with Crippen molar-refractivity contribution in [3.8, 4) is 11.1 Å². The molecule has 4 rings (SSSR count). The van der Waals surface area contributed by atoms with Gasteiger partial charge in [-0.05, 0) is 36.1 Å². The molecule has 152 valence electrons. The van der Waals surface area contributed by atoms with Gasteiger partial charge in [0.05, 0.1) is 5.41 Å². The minimum Gasteiger partial charge on any atom is -0.577 e. The van der Waals surface area contributed by atoms with Crippen LogP contribution in [0.2, 0.25) is 0 Å². The number of ether oxygens (including phenoxy) is 1. The molecule has 1 fully saturated rings. The van der Waals surface area contributed by atoms with Gasteiger partial charge in [0.1, 0.15) is 5.84 Å². The van der Waals surface area contributed by atoms with Crippen LogP contribution in [0.15, 0.2) is 66.0 Å². The number of nitrogen functional groups attached to an aromatic ring is 1. The van der Waals surface area contributed by atoms with E-state index in [9.17, 15) is 0 Å². The second kappa shape index (κ2) is 8.38. The number of hydrogen-bond donors (Lipinski definition) is 2. The number of nitrogens with two attached hydrogens (primary N) is 1. The van der Waals surface area contributed by atoms with Gasteiger partial charge in [0.2, 0.25) is 5.95 Å². The summed E-state index contributed by atoms with van der Waals surface area (Å²) in [6.45, 7) is 1.09. The number of amidine groups is 1. The van der Waals surface area contributed by atoms with E-state index < -0.39 is 5.41 Å². The van der Waals surface area contributed by atoms with E-state index in [4.69, 9.17) is 21.0 Å². The third kappa shape index (κ3) is 3.90. The van der Waals surface area contributed by atoms with E-state index in [1.54, 1.807) is 36.8 Å². The molecule has 1 saturated heterocycles. The molecular formula is C22H23N6O2+. The zero-order chi connectivity index (χ0) is 21.0. The van der Waals surface area contributed by atoms with E-state index in [2.05, 4.69) is 19.9 Å². The van der Waals surface area contributed by atoms with Gasteiger partial charge < -0.3 is 15.6 Å². The Morgan fingerprint density at radius 2 is 1.70 bits per heavy atom. The number of aromatic nitrogens is 3. The Labute approximate surface area is 174 Å². The monoisotopic (exact) mass is 403 g/mol. The lowest BCUT2D eigenvalue weighted by Gasteiger charge is -2.36. The number of pyridine rings is 1. The maximum Gasteiger partial charge on any atom is 0.385 e. The normalized spacial score (nSPS) is 16.2. The van der Waals surface area contributed by atoms with E-state index >= 15 is 0 Å². The first kappa shape index (κ1) is 19.7. The van der Waals surface area contributed by atoms with Crippen LogP contribution in [0.3, 0.4) is 0 Å². The second-order valence-electron chi connectivity index (χ2n) is 7.13. The molecule has 0 atom stereocenters. The first-order chi connectivity index (χ1) is 14.6. The van der Waals surface area contributed by atoms with E-state index in [-0.39, 0.29) is 17.7 Å². The van der Waals surface area contributed by atoms with Crippen molar-refractivity contribution in [1.82, 2.24) is 15.0 Å². The van der Waals surface area contributed by atoms with Crippen molar-refractivity contribution in [3.05, 3.63) is 72.3 Å². The summed E-state index contributed by atoms with van der Waals surface area (Å²) >= 11 is 0. The molecule has 2 aromatic heterocycles. The molecule has 1 aliphatic heterocycles. The summed E-state index contributed by atoms with van der Waals surface area (Å²) in [5.41, 5.74) is 8.23.